The molecule has 0 saturated carbocycles. The maximum absolute atomic E-state index is 11.5. The summed E-state index contributed by atoms with van der Waals surface area (Å²) < 4.78 is 10.5. The highest BCUT2D eigenvalue weighted by Crippen LogP contribution is 2.16. The fraction of sp³-hybridized carbons (Fsp3) is 0.688. The zero-order chi connectivity index (χ0) is 15.0. The monoisotopic (exact) mass is 282 g/mol. The van der Waals surface area contributed by atoms with E-state index in [2.05, 4.69) is 0 Å². The quantitative estimate of drug-likeness (QED) is 0.593. The van der Waals surface area contributed by atoms with Crippen LogP contribution in [0.3, 0.4) is 0 Å². The number of cyclic esters (lactones) is 1. The summed E-state index contributed by atoms with van der Waals surface area (Å²) in [7, 11) is 1.60. The van der Waals surface area contributed by atoms with E-state index in [9.17, 15) is 9.90 Å². The van der Waals surface area contributed by atoms with Crippen LogP contribution in [0.4, 0.5) is 0 Å². The fourth-order valence-electron chi connectivity index (χ4n) is 2.25. The van der Waals surface area contributed by atoms with Gasteiger partial charge in [0.15, 0.2) is 0 Å². The van der Waals surface area contributed by atoms with Gasteiger partial charge < -0.3 is 14.6 Å². The molecule has 1 N–H and O–H groups in total. The van der Waals surface area contributed by atoms with Crippen LogP contribution in [0, 0.1) is 5.92 Å². The molecule has 0 amide bonds. The first kappa shape index (κ1) is 16.9. The summed E-state index contributed by atoms with van der Waals surface area (Å²) in [6.07, 6.45) is 8.04. The molecule has 1 aliphatic heterocycles. The van der Waals surface area contributed by atoms with Gasteiger partial charge in [0.25, 0.3) is 0 Å². The van der Waals surface area contributed by atoms with Gasteiger partial charge in [0.2, 0.25) is 0 Å². The van der Waals surface area contributed by atoms with Gasteiger partial charge in [-0.05, 0) is 31.8 Å². The van der Waals surface area contributed by atoms with Gasteiger partial charge in [-0.3, -0.25) is 4.79 Å². The van der Waals surface area contributed by atoms with Gasteiger partial charge in [0, 0.05) is 19.4 Å². The van der Waals surface area contributed by atoms with Crippen molar-refractivity contribution < 1.29 is 19.4 Å². The largest absolute Gasteiger partial charge is 0.461 e. The molecule has 4 nitrogen and oxygen atoms in total. The molecule has 0 saturated heterocycles. The van der Waals surface area contributed by atoms with Gasteiger partial charge in [-0.1, -0.05) is 25.2 Å². The van der Waals surface area contributed by atoms with E-state index < -0.39 is 6.10 Å². The molecule has 0 spiro atoms. The number of rotatable bonds is 1. The van der Waals surface area contributed by atoms with Crippen LogP contribution >= 0.6 is 0 Å². The summed E-state index contributed by atoms with van der Waals surface area (Å²) in [6.45, 7) is 4.13. The van der Waals surface area contributed by atoms with Crippen LogP contribution in [0.1, 0.15) is 39.5 Å². The van der Waals surface area contributed by atoms with E-state index in [0.717, 1.165) is 24.8 Å². The smallest absolute Gasteiger partial charge is 0.306 e. The molecule has 0 radical (unpaired) electrons. The molecule has 114 valence electrons. The van der Waals surface area contributed by atoms with E-state index in [1.54, 1.807) is 7.11 Å². The van der Waals surface area contributed by atoms with E-state index in [4.69, 9.17) is 9.47 Å². The highest BCUT2D eigenvalue weighted by atomic mass is 16.5. The van der Waals surface area contributed by atoms with E-state index >= 15 is 0 Å². The third-order valence-corrected chi connectivity index (χ3v) is 3.48. The second-order valence-electron chi connectivity index (χ2n) is 5.40. The Morgan fingerprint density at radius 1 is 1.40 bits per heavy atom. The lowest BCUT2D eigenvalue weighted by Gasteiger charge is -2.23. The van der Waals surface area contributed by atoms with Crippen molar-refractivity contribution >= 4 is 5.97 Å². The summed E-state index contributed by atoms with van der Waals surface area (Å²) >= 11 is 0. The second kappa shape index (κ2) is 8.93. The van der Waals surface area contributed by atoms with Crippen molar-refractivity contribution in [2.24, 2.45) is 5.92 Å². The molecule has 0 fully saturated rings. The molecule has 0 aromatic carbocycles. The Bertz CT molecular complexity index is 359. The molecular weight excluding hydrogens is 256 g/mol. The molecule has 4 heteroatoms. The van der Waals surface area contributed by atoms with E-state index in [0.29, 0.717) is 13.0 Å². The molecule has 0 bridgehead atoms. The lowest BCUT2D eigenvalue weighted by atomic mass is 9.96. The minimum absolute atomic E-state index is 0.0637. The average molecular weight is 282 g/mol. The number of carbonyl (C=O) groups is 1. The lowest BCUT2D eigenvalue weighted by Crippen LogP contribution is -2.31. The molecular formula is C16H26O4. The van der Waals surface area contributed by atoms with Crippen LogP contribution < -0.4 is 0 Å². The van der Waals surface area contributed by atoms with Crippen molar-refractivity contribution in [2.45, 2.75) is 51.7 Å². The predicted octanol–water partition coefficient (Wildman–Crippen LogP) is 2.62. The number of allylic oxidation sites excluding steroid dienone is 1. The number of ether oxygens (including phenoxy) is 2. The summed E-state index contributed by atoms with van der Waals surface area (Å²) in [4.78, 5) is 11.5. The summed E-state index contributed by atoms with van der Waals surface area (Å²) in [6, 6.07) is 0. The van der Waals surface area contributed by atoms with Crippen LogP contribution in [0.25, 0.3) is 0 Å². The highest BCUT2D eigenvalue weighted by molar-refractivity contribution is 5.69. The number of aliphatic hydroxyl groups is 1. The number of methoxy groups -OCH3 is 1. The zero-order valence-corrected chi connectivity index (χ0v) is 12.7. The minimum atomic E-state index is -0.607. The average Bonchev–Trinajstić information content (AvgIpc) is 2.43. The summed E-state index contributed by atoms with van der Waals surface area (Å²) in [5, 5.41) is 10.3. The van der Waals surface area contributed by atoms with Crippen LogP contribution in [0.15, 0.2) is 23.8 Å². The molecule has 0 aromatic heterocycles. The van der Waals surface area contributed by atoms with Crippen LogP contribution in [-0.2, 0) is 14.3 Å². The first-order chi connectivity index (χ1) is 9.54. The Morgan fingerprint density at radius 2 is 2.15 bits per heavy atom. The Labute approximate surface area is 121 Å². The van der Waals surface area contributed by atoms with Crippen LogP contribution in [0.5, 0.6) is 0 Å². The van der Waals surface area contributed by atoms with E-state index in [1.165, 1.54) is 0 Å². The summed E-state index contributed by atoms with van der Waals surface area (Å²) in [5.41, 5.74) is 0.945. The number of hydrogen-bond donors (Lipinski definition) is 1. The Hall–Kier alpha value is -1.13. The number of esters is 1. The van der Waals surface area contributed by atoms with Crippen molar-refractivity contribution in [1.29, 1.82) is 0 Å². The van der Waals surface area contributed by atoms with Gasteiger partial charge in [0.05, 0.1) is 6.10 Å². The third kappa shape index (κ3) is 5.88. The van der Waals surface area contributed by atoms with Gasteiger partial charge in [0.1, 0.15) is 12.7 Å². The molecule has 0 aliphatic carbocycles. The maximum atomic E-state index is 11.5. The third-order valence-electron chi connectivity index (χ3n) is 3.48. The number of carbonyl (C=O) groups excluding carboxylic acids is 1. The summed E-state index contributed by atoms with van der Waals surface area (Å²) in [5.74, 6) is -0.215. The number of aliphatic hydroxyl groups excluding tert-OH is 1. The van der Waals surface area contributed by atoms with Crippen LogP contribution in [0.2, 0.25) is 0 Å². The van der Waals surface area contributed by atoms with Gasteiger partial charge >= 0.3 is 5.97 Å². The van der Waals surface area contributed by atoms with Gasteiger partial charge in [-0.15, -0.1) is 0 Å². The van der Waals surface area contributed by atoms with Crippen molar-refractivity contribution in [3.05, 3.63) is 23.8 Å². The molecule has 1 heterocycles. The SMILES string of the molecule is CO[C@H]1/C=C/CCCCC(=O)OC/C(C)=C\[C@@H](C)[C@@H]1O. The predicted molar refractivity (Wildman–Crippen MR) is 78.3 cm³/mol. The maximum Gasteiger partial charge on any atom is 0.306 e. The Kier molecular flexibility index (Phi) is 7.55. The van der Waals surface area contributed by atoms with Crippen molar-refractivity contribution in [3.8, 4) is 0 Å². The van der Waals surface area contributed by atoms with E-state index in [1.807, 2.05) is 32.1 Å². The highest BCUT2D eigenvalue weighted by Gasteiger charge is 2.21. The van der Waals surface area contributed by atoms with Crippen molar-refractivity contribution in [3.63, 3.8) is 0 Å². The lowest BCUT2D eigenvalue weighted by molar-refractivity contribution is -0.142. The van der Waals surface area contributed by atoms with Gasteiger partial charge in [-0.25, -0.2) is 0 Å². The normalized spacial score (nSPS) is 34.5. The van der Waals surface area contributed by atoms with Crippen LogP contribution in [-0.4, -0.2) is 37.0 Å². The fourth-order valence-corrected chi connectivity index (χ4v) is 2.25. The van der Waals surface area contributed by atoms with Crippen molar-refractivity contribution in [1.82, 2.24) is 0 Å². The standard InChI is InChI=1S/C16H26O4/c1-12-10-13(2)16(18)14(19-3)8-6-4-5-7-9-15(17)20-11-12/h6,8,10,13-14,16,18H,4-5,7,9,11H2,1-3H3/b8-6+,12-10-/t13-,14+,16+/m1/s1. The van der Waals surface area contributed by atoms with Gasteiger partial charge in [-0.2, -0.15) is 0 Å². The second-order valence-corrected chi connectivity index (χ2v) is 5.40. The Morgan fingerprint density at radius 3 is 2.85 bits per heavy atom. The zero-order valence-electron chi connectivity index (χ0n) is 12.7. The molecule has 1 aliphatic rings. The van der Waals surface area contributed by atoms with E-state index in [-0.39, 0.29) is 18.0 Å². The minimum Gasteiger partial charge on any atom is -0.461 e. The molecule has 1 rings (SSSR count). The molecule has 0 aromatic rings. The van der Waals surface area contributed by atoms with Crippen molar-refractivity contribution in [2.75, 3.05) is 13.7 Å². The molecule has 20 heavy (non-hydrogen) atoms. The molecule has 3 atom stereocenters. The first-order valence-corrected chi connectivity index (χ1v) is 7.25. The Balaban J connectivity index is 2.78. The topological polar surface area (TPSA) is 55.8 Å². The first-order valence-electron chi connectivity index (χ1n) is 7.25. The number of hydrogen-bond acceptors (Lipinski definition) is 4. The molecule has 0 unspecified atom stereocenters.